The van der Waals surface area contributed by atoms with Gasteiger partial charge in [0.1, 0.15) is 11.8 Å². The Hall–Kier alpha value is -3.06. The normalized spacial score (nSPS) is 12.4. The second-order valence-corrected chi connectivity index (χ2v) is 6.38. The molecule has 0 aliphatic rings. The summed E-state index contributed by atoms with van der Waals surface area (Å²) in [5, 5.41) is 5.40. The van der Waals surface area contributed by atoms with Gasteiger partial charge in [0.05, 0.1) is 17.7 Å². The molecule has 2 rings (SSSR count). The van der Waals surface area contributed by atoms with Crippen molar-refractivity contribution >= 4 is 35.1 Å². The minimum atomic E-state index is -1.06. The first-order valence-corrected chi connectivity index (χ1v) is 8.90. The first-order chi connectivity index (χ1) is 13.3. The van der Waals surface area contributed by atoms with Crippen LogP contribution in [0.3, 0.4) is 0 Å². The van der Waals surface area contributed by atoms with Gasteiger partial charge < -0.3 is 20.1 Å². The summed E-state index contributed by atoms with van der Waals surface area (Å²) < 4.78 is 10.2. The lowest BCUT2D eigenvalue weighted by Gasteiger charge is -2.18. The standard InChI is InChI=1S/C20H21ClN2O5/c1-12(22-19(25)16-9-4-5-10-17(16)21)20(26)28-13(2)18(24)23-14-7-6-8-15(11-14)27-3/h4-13H,1-3H3,(H,22,25)(H,23,24)/t12-,13-/m0/s1. The van der Waals surface area contributed by atoms with Crippen LogP contribution in [0, 0.1) is 0 Å². The zero-order valence-corrected chi connectivity index (χ0v) is 16.4. The number of rotatable bonds is 7. The minimum Gasteiger partial charge on any atom is -0.497 e. The molecule has 2 amide bonds. The molecular weight excluding hydrogens is 384 g/mol. The van der Waals surface area contributed by atoms with Gasteiger partial charge in [0, 0.05) is 11.8 Å². The van der Waals surface area contributed by atoms with E-state index in [1.807, 2.05) is 0 Å². The Morgan fingerprint density at radius 2 is 1.75 bits per heavy atom. The van der Waals surface area contributed by atoms with E-state index in [1.165, 1.54) is 21.0 Å². The van der Waals surface area contributed by atoms with E-state index in [-0.39, 0.29) is 10.6 Å². The zero-order chi connectivity index (χ0) is 20.7. The van der Waals surface area contributed by atoms with Crippen LogP contribution in [-0.4, -0.2) is 37.0 Å². The van der Waals surface area contributed by atoms with Gasteiger partial charge in [0.2, 0.25) is 0 Å². The lowest BCUT2D eigenvalue weighted by atomic mass is 10.2. The van der Waals surface area contributed by atoms with Gasteiger partial charge in [-0.2, -0.15) is 0 Å². The molecule has 0 saturated heterocycles. The Morgan fingerprint density at radius 1 is 1.04 bits per heavy atom. The molecule has 2 N–H and O–H groups in total. The van der Waals surface area contributed by atoms with Crippen molar-refractivity contribution in [1.29, 1.82) is 0 Å². The average molecular weight is 405 g/mol. The molecule has 0 aliphatic heterocycles. The molecule has 0 spiro atoms. The summed E-state index contributed by atoms with van der Waals surface area (Å²) >= 11 is 5.97. The molecule has 0 bridgehead atoms. The lowest BCUT2D eigenvalue weighted by molar-refractivity contribution is -0.154. The highest BCUT2D eigenvalue weighted by Crippen LogP contribution is 2.17. The largest absolute Gasteiger partial charge is 0.497 e. The molecule has 0 aliphatic carbocycles. The second-order valence-electron chi connectivity index (χ2n) is 5.98. The number of nitrogens with one attached hydrogen (secondary N) is 2. The average Bonchev–Trinajstić information content (AvgIpc) is 2.68. The van der Waals surface area contributed by atoms with E-state index in [1.54, 1.807) is 48.5 Å². The van der Waals surface area contributed by atoms with Gasteiger partial charge in [0.15, 0.2) is 6.10 Å². The van der Waals surface area contributed by atoms with Gasteiger partial charge in [0.25, 0.3) is 11.8 Å². The minimum absolute atomic E-state index is 0.243. The molecule has 8 heteroatoms. The maximum atomic E-state index is 12.2. The number of anilines is 1. The summed E-state index contributed by atoms with van der Waals surface area (Å²) in [5.74, 6) is -1.18. The van der Waals surface area contributed by atoms with Gasteiger partial charge >= 0.3 is 5.97 Å². The van der Waals surface area contributed by atoms with Crippen LogP contribution in [0.5, 0.6) is 5.75 Å². The highest BCUT2D eigenvalue weighted by Gasteiger charge is 2.24. The molecule has 2 aromatic rings. The predicted molar refractivity (Wildman–Crippen MR) is 106 cm³/mol. The van der Waals surface area contributed by atoms with Crippen molar-refractivity contribution in [3.8, 4) is 5.75 Å². The smallest absolute Gasteiger partial charge is 0.329 e. The third-order valence-corrected chi connectivity index (χ3v) is 4.15. The van der Waals surface area contributed by atoms with E-state index in [0.29, 0.717) is 11.4 Å². The van der Waals surface area contributed by atoms with E-state index in [9.17, 15) is 14.4 Å². The van der Waals surface area contributed by atoms with E-state index in [2.05, 4.69) is 10.6 Å². The van der Waals surface area contributed by atoms with Crippen molar-refractivity contribution in [3.05, 3.63) is 59.1 Å². The Balaban J connectivity index is 1.90. The highest BCUT2D eigenvalue weighted by atomic mass is 35.5. The SMILES string of the molecule is COc1cccc(NC(=O)[C@H](C)OC(=O)[C@H](C)NC(=O)c2ccccc2Cl)c1. The number of methoxy groups -OCH3 is 1. The molecule has 7 nitrogen and oxygen atoms in total. The monoisotopic (exact) mass is 404 g/mol. The van der Waals surface area contributed by atoms with Gasteiger partial charge in [-0.05, 0) is 38.1 Å². The summed E-state index contributed by atoms with van der Waals surface area (Å²) in [6.07, 6.45) is -1.06. The number of esters is 1. The Morgan fingerprint density at radius 3 is 2.43 bits per heavy atom. The molecular formula is C20H21ClN2O5. The number of carbonyl (C=O) groups is 3. The highest BCUT2D eigenvalue weighted by molar-refractivity contribution is 6.33. The van der Waals surface area contributed by atoms with Crippen molar-refractivity contribution in [2.75, 3.05) is 12.4 Å². The maximum Gasteiger partial charge on any atom is 0.329 e. The maximum absolute atomic E-state index is 12.2. The summed E-state index contributed by atoms with van der Waals surface area (Å²) in [7, 11) is 1.52. The van der Waals surface area contributed by atoms with Gasteiger partial charge in [-0.1, -0.05) is 29.8 Å². The number of hydrogen-bond acceptors (Lipinski definition) is 5. The summed E-state index contributed by atoms with van der Waals surface area (Å²) in [6.45, 7) is 2.90. The fourth-order valence-corrected chi connectivity index (χ4v) is 2.47. The van der Waals surface area contributed by atoms with Crippen molar-refractivity contribution in [1.82, 2.24) is 5.32 Å². The van der Waals surface area contributed by atoms with Crippen molar-refractivity contribution in [2.45, 2.75) is 26.0 Å². The van der Waals surface area contributed by atoms with Gasteiger partial charge in [-0.3, -0.25) is 9.59 Å². The molecule has 2 atom stereocenters. The number of benzene rings is 2. The van der Waals surface area contributed by atoms with Gasteiger partial charge in [-0.15, -0.1) is 0 Å². The van der Waals surface area contributed by atoms with Crippen LogP contribution in [0.15, 0.2) is 48.5 Å². The lowest BCUT2D eigenvalue weighted by Crippen LogP contribution is -2.42. The fraction of sp³-hybridized carbons (Fsp3) is 0.250. The number of carbonyl (C=O) groups excluding carboxylic acids is 3. The third-order valence-electron chi connectivity index (χ3n) is 3.82. The van der Waals surface area contributed by atoms with Crippen LogP contribution in [0.25, 0.3) is 0 Å². The predicted octanol–water partition coefficient (Wildman–Crippen LogP) is 3.04. The number of halogens is 1. The van der Waals surface area contributed by atoms with Crippen LogP contribution in [0.1, 0.15) is 24.2 Å². The zero-order valence-electron chi connectivity index (χ0n) is 15.7. The van der Waals surface area contributed by atoms with Crippen molar-refractivity contribution in [2.24, 2.45) is 0 Å². The van der Waals surface area contributed by atoms with E-state index < -0.39 is 29.9 Å². The second kappa shape index (κ2) is 9.75. The molecule has 148 valence electrons. The molecule has 0 aromatic heterocycles. The quantitative estimate of drug-likeness (QED) is 0.692. The molecule has 28 heavy (non-hydrogen) atoms. The van der Waals surface area contributed by atoms with Crippen LogP contribution < -0.4 is 15.4 Å². The number of amides is 2. The Labute approximate surface area is 168 Å². The van der Waals surface area contributed by atoms with Crippen LogP contribution in [-0.2, 0) is 14.3 Å². The number of ether oxygens (including phenoxy) is 2. The van der Waals surface area contributed by atoms with Crippen molar-refractivity contribution < 1.29 is 23.9 Å². The Bertz CT molecular complexity index is 871. The molecule has 0 fully saturated rings. The van der Waals surface area contributed by atoms with Gasteiger partial charge in [-0.25, -0.2) is 4.79 Å². The Kier molecular flexibility index (Phi) is 7.40. The molecule has 0 heterocycles. The molecule has 0 radical (unpaired) electrons. The fourth-order valence-electron chi connectivity index (χ4n) is 2.25. The van der Waals surface area contributed by atoms with E-state index in [4.69, 9.17) is 21.1 Å². The summed E-state index contributed by atoms with van der Waals surface area (Å²) in [6, 6.07) is 12.3. The molecule has 0 saturated carbocycles. The van der Waals surface area contributed by atoms with Crippen LogP contribution in [0.4, 0.5) is 5.69 Å². The number of hydrogen-bond donors (Lipinski definition) is 2. The topological polar surface area (TPSA) is 93.7 Å². The molecule has 0 unspecified atom stereocenters. The van der Waals surface area contributed by atoms with Crippen LogP contribution >= 0.6 is 11.6 Å². The first kappa shape index (κ1) is 21.2. The van der Waals surface area contributed by atoms with E-state index in [0.717, 1.165) is 0 Å². The van der Waals surface area contributed by atoms with E-state index >= 15 is 0 Å². The third kappa shape index (κ3) is 5.72. The summed E-state index contributed by atoms with van der Waals surface area (Å²) in [4.78, 5) is 36.6. The van der Waals surface area contributed by atoms with Crippen LogP contribution in [0.2, 0.25) is 5.02 Å². The van der Waals surface area contributed by atoms with Crippen molar-refractivity contribution in [3.63, 3.8) is 0 Å². The molecule has 2 aromatic carbocycles. The first-order valence-electron chi connectivity index (χ1n) is 8.52. The summed E-state index contributed by atoms with van der Waals surface area (Å²) in [5.41, 5.74) is 0.750.